The van der Waals surface area contributed by atoms with Crippen LogP contribution in [0.15, 0.2) is 24.9 Å². The van der Waals surface area contributed by atoms with Gasteiger partial charge in [0.1, 0.15) is 12.1 Å². The highest BCUT2D eigenvalue weighted by molar-refractivity contribution is 5.67. The van der Waals surface area contributed by atoms with Crippen molar-refractivity contribution in [2.24, 2.45) is 0 Å². The summed E-state index contributed by atoms with van der Waals surface area (Å²) < 4.78 is 4.08. The van der Waals surface area contributed by atoms with E-state index in [0.29, 0.717) is 6.54 Å². The fourth-order valence-electron chi connectivity index (χ4n) is 2.64. The summed E-state index contributed by atoms with van der Waals surface area (Å²) in [6.45, 7) is 5.33. The van der Waals surface area contributed by atoms with Crippen molar-refractivity contribution >= 4 is 17.3 Å². The molecular formula is C13H16N8. The number of nitrogens with zero attached hydrogens (tertiary/aromatic N) is 7. The third kappa shape index (κ3) is 1.99. The van der Waals surface area contributed by atoms with Crippen molar-refractivity contribution in [3.8, 4) is 0 Å². The summed E-state index contributed by atoms with van der Waals surface area (Å²) in [4.78, 5) is 11.3. The number of rotatable bonds is 3. The van der Waals surface area contributed by atoms with Crippen molar-refractivity contribution in [3.63, 3.8) is 0 Å². The van der Waals surface area contributed by atoms with Gasteiger partial charge in [-0.2, -0.15) is 0 Å². The quantitative estimate of drug-likeness (QED) is 0.765. The van der Waals surface area contributed by atoms with Gasteiger partial charge in [-0.25, -0.2) is 9.97 Å². The van der Waals surface area contributed by atoms with Gasteiger partial charge >= 0.3 is 0 Å². The fraction of sp³-hybridized carbons (Fsp3) is 0.385. The van der Waals surface area contributed by atoms with Crippen LogP contribution in [0.4, 0.5) is 11.6 Å². The van der Waals surface area contributed by atoms with Gasteiger partial charge in [0.05, 0.1) is 12.7 Å². The molecule has 0 radical (unpaired) electrons. The number of hydrogen-bond donors (Lipinski definition) is 1. The standard InChI is InChI=1S/C13H16N8/c1-2-14-10-7-19-4-3-15-12(19)13(17-10)20-5-6-21-9-16-18-11(21)8-20/h3-4,7,9,14H,2,5-6,8H2,1H3. The summed E-state index contributed by atoms with van der Waals surface area (Å²) in [6.07, 6.45) is 7.47. The van der Waals surface area contributed by atoms with Gasteiger partial charge in [0, 0.05) is 32.0 Å². The number of anilines is 2. The van der Waals surface area contributed by atoms with Crippen LogP contribution < -0.4 is 10.2 Å². The minimum Gasteiger partial charge on any atom is -0.369 e. The molecule has 3 aromatic heterocycles. The van der Waals surface area contributed by atoms with Crippen LogP contribution in [0, 0.1) is 0 Å². The van der Waals surface area contributed by atoms with Crippen LogP contribution in [0.5, 0.6) is 0 Å². The van der Waals surface area contributed by atoms with Crippen molar-refractivity contribution in [3.05, 3.63) is 30.7 Å². The molecule has 0 amide bonds. The van der Waals surface area contributed by atoms with E-state index >= 15 is 0 Å². The van der Waals surface area contributed by atoms with Crippen LogP contribution in [0.3, 0.4) is 0 Å². The first-order valence-corrected chi connectivity index (χ1v) is 7.04. The Hall–Kier alpha value is -2.64. The Morgan fingerprint density at radius 1 is 1.33 bits per heavy atom. The third-order valence-electron chi connectivity index (χ3n) is 3.65. The molecule has 0 saturated heterocycles. The molecule has 0 atom stereocenters. The van der Waals surface area contributed by atoms with Crippen molar-refractivity contribution < 1.29 is 0 Å². The van der Waals surface area contributed by atoms with Gasteiger partial charge in [0.15, 0.2) is 17.3 Å². The summed E-state index contributed by atoms with van der Waals surface area (Å²) >= 11 is 0. The molecule has 21 heavy (non-hydrogen) atoms. The zero-order valence-electron chi connectivity index (χ0n) is 11.8. The molecule has 1 N–H and O–H groups in total. The van der Waals surface area contributed by atoms with Gasteiger partial charge in [0.2, 0.25) is 0 Å². The maximum absolute atomic E-state index is 4.72. The highest BCUT2D eigenvalue weighted by atomic mass is 15.3. The molecule has 4 rings (SSSR count). The Morgan fingerprint density at radius 3 is 3.19 bits per heavy atom. The number of aromatic nitrogens is 6. The van der Waals surface area contributed by atoms with Gasteiger partial charge in [-0.3, -0.25) is 0 Å². The Labute approximate surface area is 121 Å². The minimum atomic E-state index is 0.700. The summed E-state index contributed by atoms with van der Waals surface area (Å²) in [5, 5.41) is 11.4. The maximum Gasteiger partial charge on any atom is 0.180 e. The zero-order chi connectivity index (χ0) is 14.2. The minimum absolute atomic E-state index is 0.700. The van der Waals surface area contributed by atoms with Crippen molar-refractivity contribution in [2.45, 2.75) is 20.0 Å². The van der Waals surface area contributed by atoms with E-state index in [0.717, 1.165) is 42.7 Å². The fourth-order valence-corrected chi connectivity index (χ4v) is 2.64. The lowest BCUT2D eigenvalue weighted by Gasteiger charge is -2.28. The molecule has 8 nitrogen and oxygen atoms in total. The SMILES string of the molecule is CCNc1cn2ccnc2c(N2CCn3cnnc3C2)n1. The highest BCUT2D eigenvalue weighted by Crippen LogP contribution is 2.24. The second-order valence-electron chi connectivity index (χ2n) is 5.00. The first-order valence-electron chi connectivity index (χ1n) is 7.04. The molecule has 0 bridgehead atoms. The van der Waals surface area contributed by atoms with Gasteiger partial charge in [0.25, 0.3) is 0 Å². The predicted octanol–water partition coefficient (Wildman–Crippen LogP) is 0.773. The Balaban J connectivity index is 1.77. The summed E-state index contributed by atoms with van der Waals surface area (Å²) in [5.74, 6) is 2.69. The molecule has 0 spiro atoms. The molecule has 0 saturated carbocycles. The normalized spacial score (nSPS) is 14.4. The Bertz CT molecular complexity index is 773. The van der Waals surface area contributed by atoms with Gasteiger partial charge in [-0.15, -0.1) is 10.2 Å². The lowest BCUT2D eigenvalue weighted by Crippen LogP contribution is -2.34. The number of fused-ring (bicyclic) bond motifs is 2. The van der Waals surface area contributed by atoms with Crippen LogP contribution in [0.25, 0.3) is 5.65 Å². The van der Waals surface area contributed by atoms with Gasteiger partial charge < -0.3 is 19.2 Å². The molecule has 1 aliphatic rings. The number of hydrogen-bond acceptors (Lipinski definition) is 6. The summed E-state index contributed by atoms with van der Waals surface area (Å²) in [6, 6.07) is 0. The van der Waals surface area contributed by atoms with E-state index in [4.69, 9.17) is 4.98 Å². The van der Waals surface area contributed by atoms with Crippen molar-refractivity contribution in [1.29, 1.82) is 0 Å². The van der Waals surface area contributed by atoms with E-state index in [1.165, 1.54) is 0 Å². The van der Waals surface area contributed by atoms with Crippen LogP contribution in [-0.2, 0) is 13.1 Å². The molecule has 0 aromatic carbocycles. The molecule has 0 fully saturated rings. The lowest BCUT2D eigenvalue weighted by atomic mass is 10.3. The average Bonchev–Trinajstić information content (AvgIpc) is 3.14. The molecule has 4 heterocycles. The number of imidazole rings is 1. The zero-order valence-corrected chi connectivity index (χ0v) is 11.8. The molecule has 0 aliphatic carbocycles. The van der Waals surface area contributed by atoms with Crippen LogP contribution >= 0.6 is 0 Å². The molecular weight excluding hydrogens is 268 g/mol. The van der Waals surface area contributed by atoms with Crippen LogP contribution in [0.1, 0.15) is 12.7 Å². The largest absolute Gasteiger partial charge is 0.369 e. The second kappa shape index (κ2) is 4.72. The number of nitrogens with one attached hydrogen (secondary N) is 1. The average molecular weight is 284 g/mol. The maximum atomic E-state index is 4.72. The van der Waals surface area contributed by atoms with E-state index in [2.05, 4.69) is 36.9 Å². The lowest BCUT2D eigenvalue weighted by molar-refractivity contribution is 0.556. The van der Waals surface area contributed by atoms with Crippen molar-refractivity contribution in [1.82, 2.24) is 29.1 Å². The van der Waals surface area contributed by atoms with Gasteiger partial charge in [-0.1, -0.05) is 0 Å². The van der Waals surface area contributed by atoms with E-state index < -0.39 is 0 Å². The van der Waals surface area contributed by atoms with E-state index in [1.807, 2.05) is 16.8 Å². The van der Waals surface area contributed by atoms with Crippen LogP contribution in [-0.4, -0.2) is 42.2 Å². The van der Waals surface area contributed by atoms with E-state index in [1.54, 1.807) is 12.5 Å². The first kappa shape index (κ1) is 12.1. The van der Waals surface area contributed by atoms with E-state index in [9.17, 15) is 0 Å². The Morgan fingerprint density at radius 2 is 2.29 bits per heavy atom. The third-order valence-corrected chi connectivity index (χ3v) is 3.65. The van der Waals surface area contributed by atoms with Crippen LogP contribution in [0.2, 0.25) is 0 Å². The molecule has 3 aromatic rings. The molecule has 0 unspecified atom stereocenters. The monoisotopic (exact) mass is 284 g/mol. The van der Waals surface area contributed by atoms with E-state index in [-0.39, 0.29) is 0 Å². The first-order chi connectivity index (χ1) is 10.3. The summed E-state index contributed by atoms with van der Waals surface area (Å²) in [7, 11) is 0. The highest BCUT2D eigenvalue weighted by Gasteiger charge is 2.21. The Kier molecular flexibility index (Phi) is 2.73. The predicted molar refractivity (Wildman–Crippen MR) is 78.2 cm³/mol. The molecule has 8 heteroatoms. The summed E-state index contributed by atoms with van der Waals surface area (Å²) in [5.41, 5.74) is 0.865. The smallest absolute Gasteiger partial charge is 0.180 e. The van der Waals surface area contributed by atoms with Gasteiger partial charge in [-0.05, 0) is 6.92 Å². The molecule has 108 valence electrons. The van der Waals surface area contributed by atoms with Crippen molar-refractivity contribution in [2.75, 3.05) is 23.3 Å². The topological polar surface area (TPSA) is 76.2 Å². The molecule has 1 aliphatic heterocycles. The second-order valence-corrected chi connectivity index (χ2v) is 5.00.